The maximum Gasteiger partial charge on any atom is 0.0470 e. The first-order valence-corrected chi connectivity index (χ1v) is 4.68. The molecule has 0 aromatic heterocycles. The molecule has 0 fully saturated rings. The average Bonchev–Trinajstić information content (AvgIpc) is 1.86. The molecule has 0 saturated heterocycles. The number of allylic oxidation sites excluding steroid dienone is 1. The van der Waals surface area contributed by atoms with E-state index in [-0.39, 0.29) is 12.4 Å². The van der Waals surface area contributed by atoms with Crippen molar-refractivity contribution in [1.82, 2.24) is 4.31 Å². The van der Waals surface area contributed by atoms with Crippen LogP contribution in [0.3, 0.4) is 0 Å². The lowest BCUT2D eigenvalue weighted by molar-refractivity contribution is 0.453. The zero-order valence-electron chi connectivity index (χ0n) is 6.95. The summed E-state index contributed by atoms with van der Waals surface area (Å²) in [5, 5.41) is 0.461. The quantitative estimate of drug-likeness (QED) is 0.697. The van der Waals surface area contributed by atoms with E-state index in [1.165, 1.54) is 10.5 Å². The van der Waals surface area contributed by atoms with E-state index in [2.05, 4.69) is 0 Å². The standard InChI is InChI=1S/C6H12ClNO2S.ClH/c1-3-4-8(11(9)10)5-6(2)7;/h5H,3-4H2,1-2H3,(H,9,10);1H/p-1. The fourth-order valence-corrected chi connectivity index (χ4v) is 1.35. The number of halogens is 2. The van der Waals surface area contributed by atoms with Gasteiger partial charge in [0.1, 0.15) is 0 Å². The molecule has 0 radical (unpaired) electrons. The Labute approximate surface area is 86.6 Å². The predicted molar refractivity (Wildman–Crippen MR) is 52.8 cm³/mol. The summed E-state index contributed by atoms with van der Waals surface area (Å²) in [6.45, 7) is 4.01. The van der Waals surface area contributed by atoms with Gasteiger partial charge in [-0.2, -0.15) is 0 Å². The number of nitrogens with zero attached hydrogens (tertiary/aromatic N) is 1. The van der Waals surface area contributed by atoms with Crippen molar-refractivity contribution < 1.29 is 8.76 Å². The molecule has 0 saturated carbocycles. The molecule has 3 nitrogen and oxygen atoms in total. The molecule has 0 heterocycles. The molecule has 0 aromatic carbocycles. The van der Waals surface area contributed by atoms with Gasteiger partial charge in [-0.05, 0) is 13.3 Å². The Morgan fingerprint density at radius 1 is 1.75 bits per heavy atom. The number of hydrogen-bond acceptors (Lipinski definition) is 2. The molecular weight excluding hydrogens is 221 g/mol. The molecule has 6 heteroatoms. The van der Waals surface area contributed by atoms with Gasteiger partial charge < -0.3 is 8.86 Å². The molecule has 0 amide bonds. The van der Waals surface area contributed by atoms with E-state index >= 15 is 0 Å². The van der Waals surface area contributed by atoms with Crippen molar-refractivity contribution >= 4 is 35.3 Å². The number of hydrogen-bond donors (Lipinski definition) is 0. The molecule has 74 valence electrons. The second-order valence-electron chi connectivity index (χ2n) is 2.07. The van der Waals surface area contributed by atoms with Crippen LogP contribution in [0.25, 0.3) is 0 Å². The highest BCUT2D eigenvalue weighted by atomic mass is 35.5. The van der Waals surface area contributed by atoms with Crippen LogP contribution in [0.2, 0.25) is 0 Å². The third-order valence-electron chi connectivity index (χ3n) is 0.957. The Morgan fingerprint density at radius 2 is 2.25 bits per heavy atom. The molecule has 0 aromatic rings. The first-order chi connectivity index (χ1) is 5.07. The van der Waals surface area contributed by atoms with Crippen LogP contribution in [0.15, 0.2) is 11.2 Å². The van der Waals surface area contributed by atoms with E-state index in [0.29, 0.717) is 11.6 Å². The molecule has 0 bridgehead atoms. The highest BCUT2D eigenvalue weighted by Gasteiger charge is 1.96. The minimum atomic E-state index is -2.20. The third kappa shape index (κ3) is 6.91. The van der Waals surface area contributed by atoms with Gasteiger partial charge in [-0.15, -0.1) is 12.4 Å². The van der Waals surface area contributed by atoms with Crippen LogP contribution >= 0.6 is 24.0 Å². The van der Waals surface area contributed by atoms with Gasteiger partial charge in [0.2, 0.25) is 0 Å². The first-order valence-electron chi connectivity index (χ1n) is 3.28. The lowest BCUT2D eigenvalue weighted by Gasteiger charge is -2.21. The Hall–Kier alpha value is 0.230. The number of rotatable bonds is 4. The van der Waals surface area contributed by atoms with Gasteiger partial charge in [0.25, 0.3) is 0 Å². The largest absolute Gasteiger partial charge is 0.755 e. The lowest BCUT2D eigenvalue weighted by atomic mass is 10.5. The molecule has 12 heavy (non-hydrogen) atoms. The van der Waals surface area contributed by atoms with E-state index in [0.717, 1.165) is 6.42 Å². The van der Waals surface area contributed by atoms with E-state index in [1.54, 1.807) is 6.92 Å². The zero-order chi connectivity index (χ0) is 8.85. The van der Waals surface area contributed by atoms with Crippen molar-refractivity contribution in [1.29, 1.82) is 0 Å². The van der Waals surface area contributed by atoms with Crippen LogP contribution in [-0.2, 0) is 11.3 Å². The van der Waals surface area contributed by atoms with Gasteiger partial charge in [-0.3, -0.25) is 4.21 Å². The topological polar surface area (TPSA) is 43.4 Å². The summed E-state index contributed by atoms with van der Waals surface area (Å²) in [5.74, 6) is 0. The van der Waals surface area contributed by atoms with Crippen molar-refractivity contribution in [2.24, 2.45) is 0 Å². The average molecular weight is 233 g/mol. The van der Waals surface area contributed by atoms with Crippen LogP contribution in [0.4, 0.5) is 0 Å². The van der Waals surface area contributed by atoms with Crippen LogP contribution < -0.4 is 0 Å². The van der Waals surface area contributed by atoms with E-state index in [1.807, 2.05) is 6.92 Å². The van der Waals surface area contributed by atoms with Gasteiger partial charge in [-0.25, -0.2) is 0 Å². The lowest BCUT2D eigenvalue weighted by Crippen LogP contribution is -2.20. The molecule has 0 aliphatic heterocycles. The normalized spacial score (nSPS) is 13.5. The van der Waals surface area contributed by atoms with Crippen LogP contribution in [0.1, 0.15) is 20.3 Å². The smallest absolute Gasteiger partial charge is 0.0470 e. The van der Waals surface area contributed by atoms with Gasteiger partial charge in [0.05, 0.1) is 0 Å². The van der Waals surface area contributed by atoms with E-state index in [4.69, 9.17) is 11.6 Å². The van der Waals surface area contributed by atoms with Gasteiger partial charge in [-0.1, -0.05) is 18.5 Å². The van der Waals surface area contributed by atoms with Crippen LogP contribution in [0.5, 0.6) is 0 Å². The molecule has 1 unspecified atom stereocenters. The van der Waals surface area contributed by atoms with Crippen molar-refractivity contribution in [2.75, 3.05) is 6.54 Å². The summed E-state index contributed by atoms with van der Waals surface area (Å²) in [4.78, 5) is 0. The fourth-order valence-electron chi connectivity index (χ4n) is 0.601. The maximum atomic E-state index is 10.4. The molecular formula is C6H12Cl2NO2S-. The Morgan fingerprint density at radius 3 is 2.50 bits per heavy atom. The molecule has 0 spiro atoms. The van der Waals surface area contributed by atoms with Gasteiger partial charge in [0.15, 0.2) is 0 Å². The molecule has 0 aliphatic rings. The summed E-state index contributed by atoms with van der Waals surface area (Å²) < 4.78 is 22.1. The third-order valence-corrected chi connectivity index (χ3v) is 1.73. The SMILES string of the molecule is CCCN(C=C(C)Cl)S(=O)[O-].Cl. The van der Waals surface area contributed by atoms with Crippen LogP contribution in [0, 0.1) is 0 Å². The minimum absolute atomic E-state index is 0. The minimum Gasteiger partial charge on any atom is -0.755 e. The molecule has 0 N–H and O–H groups in total. The summed E-state index contributed by atoms with van der Waals surface area (Å²) in [5.41, 5.74) is 0. The predicted octanol–water partition coefficient (Wildman–Crippen LogP) is 2.01. The van der Waals surface area contributed by atoms with Crippen molar-refractivity contribution in [3.8, 4) is 0 Å². The summed E-state index contributed by atoms with van der Waals surface area (Å²) in [6, 6.07) is 0. The van der Waals surface area contributed by atoms with E-state index < -0.39 is 11.3 Å². The monoisotopic (exact) mass is 232 g/mol. The van der Waals surface area contributed by atoms with Crippen molar-refractivity contribution in [3.05, 3.63) is 11.2 Å². The Bertz CT molecular complexity index is 171. The fraction of sp³-hybridized carbons (Fsp3) is 0.667. The molecule has 0 aliphatic carbocycles. The van der Waals surface area contributed by atoms with Gasteiger partial charge >= 0.3 is 0 Å². The van der Waals surface area contributed by atoms with Gasteiger partial charge in [0, 0.05) is 29.0 Å². The molecule has 0 rings (SSSR count). The zero-order valence-corrected chi connectivity index (χ0v) is 9.34. The summed E-state index contributed by atoms with van der Waals surface area (Å²) in [6.07, 6.45) is 2.17. The summed E-state index contributed by atoms with van der Waals surface area (Å²) in [7, 11) is 0. The van der Waals surface area contributed by atoms with E-state index in [9.17, 15) is 8.76 Å². The Kier molecular flexibility index (Phi) is 9.65. The molecule has 1 atom stereocenters. The summed E-state index contributed by atoms with van der Waals surface area (Å²) >= 11 is 3.30. The second-order valence-corrected chi connectivity index (χ2v) is 3.57. The second kappa shape index (κ2) is 7.86. The maximum absolute atomic E-state index is 10.4. The van der Waals surface area contributed by atoms with Crippen molar-refractivity contribution in [2.45, 2.75) is 20.3 Å². The highest BCUT2D eigenvalue weighted by molar-refractivity contribution is 7.76. The van der Waals surface area contributed by atoms with Crippen molar-refractivity contribution in [3.63, 3.8) is 0 Å². The highest BCUT2D eigenvalue weighted by Crippen LogP contribution is 2.04. The van der Waals surface area contributed by atoms with Crippen LogP contribution in [-0.4, -0.2) is 19.6 Å². The Balaban J connectivity index is 0. The first kappa shape index (κ1) is 14.7.